The van der Waals surface area contributed by atoms with E-state index in [1.807, 2.05) is 30.3 Å². The van der Waals surface area contributed by atoms with Gasteiger partial charge in [-0.2, -0.15) is 0 Å². The first-order valence-electron chi connectivity index (χ1n) is 11.0. The predicted molar refractivity (Wildman–Crippen MR) is 144 cm³/mol. The van der Waals surface area contributed by atoms with Gasteiger partial charge in [-0.15, -0.1) is 0 Å². The minimum atomic E-state index is -0.421. The summed E-state index contributed by atoms with van der Waals surface area (Å²) in [6.45, 7) is 0. The topological polar surface area (TPSA) is 84.0 Å². The van der Waals surface area contributed by atoms with Crippen molar-refractivity contribution in [1.82, 2.24) is 9.97 Å². The molecule has 8 heteroatoms. The third kappa shape index (κ3) is 4.91. The van der Waals surface area contributed by atoms with Crippen LogP contribution in [0.5, 0.6) is 0 Å². The van der Waals surface area contributed by atoms with Gasteiger partial charge in [0.05, 0.1) is 21.3 Å². The first-order valence-corrected chi connectivity index (χ1v) is 11.7. The fraction of sp³-hybridized carbons (Fsp3) is 0. The van der Waals surface area contributed by atoms with Crippen LogP contribution in [0.2, 0.25) is 10.0 Å². The van der Waals surface area contributed by atoms with Crippen LogP contribution in [0, 0.1) is 0 Å². The van der Waals surface area contributed by atoms with Crippen molar-refractivity contribution in [2.75, 3.05) is 10.6 Å². The minimum Gasteiger partial charge on any atom is -0.322 e. The molecule has 0 spiro atoms. The van der Waals surface area contributed by atoms with E-state index >= 15 is 0 Å². The quantitative estimate of drug-likeness (QED) is 0.262. The van der Waals surface area contributed by atoms with E-state index in [0.717, 1.165) is 16.5 Å². The number of halogens is 2. The Hall–Kier alpha value is -4.26. The lowest BCUT2D eigenvalue weighted by Gasteiger charge is -2.12. The Morgan fingerprint density at radius 1 is 0.694 bits per heavy atom. The summed E-state index contributed by atoms with van der Waals surface area (Å²) in [6.07, 6.45) is 3.30. The molecule has 5 aromatic rings. The molecule has 0 saturated heterocycles. The lowest BCUT2D eigenvalue weighted by atomic mass is 10.0. The van der Waals surface area contributed by atoms with Crippen LogP contribution < -0.4 is 10.6 Å². The van der Waals surface area contributed by atoms with Gasteiger partial charge in [0.15, 0.2) is 0 Å². The van der Waals surface area contributed by atoms with E-state index in [-0.39, 0.29) is 16.5 Å². The predicted octanol–water partition coefficient (Wildman–Crippen LogP) is 7.11. The molecule has 0 bridgehead atoms. The summed E-state index contributed by atoms with van der Waals surface area (Å²) < 4.78 is 0. The molecule has 176 valence electrons. The summed E-state index contributed by atoms with van der Waals surface area (Å²) in [7, 11) is 0. The highest BCUT2D eigenvalue weighted by molar-refractivity contribution is 6.35. The van der Waals surface area contributed by atoms with Crippen molar-refractivity contribution in [2.24, 2.45) is 0 Å². The van der Waals surface area contributed by atoms with Crippen molar-refractivity contribution in [3.05, 3.63) is 118 Å². The third-order valence-electron chi connectivity index (χ3n) is 5.54. The van der Waals surface area contributed by atoms with E-state index in [0.29, 0.717) is 27.7 Å². The first-order chi connectivity index (χ1) is 17.5. The van der Waals surface area contributed by atoms with Crippen molar-refractivity contribution in [1.29, 1.82) is 0 Å². The number of amides is 2. The maximum absolute atomic E-state index is 13.0. The number of nitrogens with zero attached hydrogens (tertiary/aromatic N) is 2. The highest BCUT2D eigenvalue weighted by atomic mass is 35.5. The SMILES string of the molecule is O=C(Nc1ccccn1)c1ccc(C(=O)Nc2ccc(Cl)c(-c3nccc4ccccc34)c2)c(Cl)c1. The highest BCUT2D eigenvalue weighted by Crippen LogP contribution is 2.34. The Bertz CT molecular complexity index is 1600. The molecule has 3 aromatic carbocycles. The second-order valence-corrected chi connectivity index (χ2v) is 8.71. The van der Waals surface area contributed by atoms with Crippen LogP contribution in [0.3, 0.4) is 0 Å². The van der Waals surface area contributed by atoms with Crippen LogP contribution in [0.15, 0.2) is 97.3 Å². The number of nitrogens with one attached hydrogen (secondary N) is 2. The molecular formula is C28H18Cl2N4O2. The molecule has 0 atom stereocenters. The molecule has 0 aliphatic carbocycles. The maximum Gasteiger partial charge on any atom is 0.257 e. The van der Waals surface area contributed by atoms with Crippen molar-refractivity contribution >= 4 is 57.3 Å². The third-order valence-corrected chi connectivity index (χ3v) is 6.18. The summed E-state index contributed by atoms with van der Waals surface area (Å²) in [5.74, 6) is -0.386. The number of pyridine rings is 2. The smallest absolute Gasteiger partial charge is 0.257 e. The van der Waals surface area contributed by atoms with Gasteiger partial charge in [-0.25, -0.2) is 4.98 Å². The van der Waals surface area contributed by atoms with Crippen molar-refractivity contribution < 1.29 is 9.59 Å². The highest BCUT2D eigenvalue weighted by Gasteiger charge is 2.16. The number of anilines is 2. The van der Waals surface area contributed by atoms with Gasteiger partial charge in [-0.05, 0) is 60.0 Å². The fourth-order valence-corrected chi connectivity index (χ4v) is 4.26. The second-order valence-electron chi connectivity index (χ2n) is 7.89. The summed E-state index contributed by atoms with van der Waals surface area (Å²) in [5.41, 5.74) is 2.47. The van der Waals surface area contributed by atoms with Crippen LogP contribution in [-0.2, 0) is 0 Å². The van der Waals surface area contributed by atoms with E-state index in [9.17, 15) is 9.59 Å². The summed E-state index contributed by atoms with van der Waals surface area (Å²) in [6, 6.07) is 24.7. The molecule has 0 fully saturated rings. The average molecular weight is 513 g/mol. The number of hydrogen-bond acceptors (Lipinski definition) is 4. The van der Waals surface area contributed by atoms with E-state index in [1.54, 1.807) is 48.8 Å². The number of carbonyl (C=O) groups is 2. The molecule has 0 saturated carbocycles. The second kappa shape index (κ2) is 10.2. The van der Waals surface area contributed by atoms with Crippen LogP contribution in [0.25, 0.3) is 22.0 Å². The van der Waals surface area contributed by atoms with Crippen LogP contribution in [0.1, 0.15) is 20.7 Å². The number of aromatic nitrogens is 2. The van der Waals surface area contributed by atoms with E-state index < -0.39 is 5.91 Å². The summed E-state index contributed by atoms with van der Waals surface area (Å²) in [5, 5.41) is 8.18. The van der Waals surface area contributed by atoms with Gasteiger partial charge in [-0.3, -0.25) is 14.6 Å². The van der Waals surface area contributed by atoms with Gasteiger partial charge in [0.2, 0.25) is 0 Å². The first kappa shape index (κ1) is 23.5. The molecule has 36 heavy (non-hydrogen) atoms. The number of benzene rings is 3. The monoisotopic (exact) mass is 512 g/mol. The Balaban J connectivity index is 1.38. The molecule has 0 aliphatic rings. The number of hydrogen-bond donors (Lipinski definition) is 2. The molecule has 2 heterocycles. The largest absolute Gasteiger partial charge is 0.322 e. The van der Waals surface area contributed by atoms with Crippen LogP contribution in [-0.4, -0.2) is 21.8 Å². The van der Waals surface area contributed by atoms with Gasteiger partial charge in [0, 0.05) is 34.6 Å². The zero-order chi connectivity index (χ0) is 25.1. The van der Waals surface area contributed by atoms with Gasteiger partial charge in [0.1, 0.15) is 5.82 Å². The van der Waals surface area contributed by atoms with Crippen molar-refractivity contribution in [3.63, 3.8) is 0 Å². The number of rotatable bonds is 5. The van der Waals surface area contributed by atoms with Gasteiger partial charge < -0.3 is 10.6 Å². The lowest BCUT2D eigenvalue weighted by Crippen LogP contribution is -2.15. The number of fused-ring (bicyclic) bond motifs is 1. The summed E-state index contributed by atoms with van der Waals surface area (Å²) in [4.78, 5) is 34.1. The minimum absolute atomic E-state index is 0.145. The van der Waals surface area contributed by atoms with Crippen molar-refractivity contribution in [2.45, 2.75) is 0 Å². The Morgan fingerprint density at radius 2 is 1.53 bits per heavy atom. The maximum atomic E-state index is 13.0. The molecular weight excluding hydrogens is 495 g/mol. The molecule has 2 amide bonds. The van der Waals surface area contributed by atoms with E-state index in [1.165, 1.54) is 18.2 Å². The van der Waals surface area contributed by atoms with Crippen LogP contribution in [0.4, 0.5) is 11.5 Å². The zero-order valence-electron chi connectivity index (χ0n) is 18.7. The Morgan fingerprint density at radius 3 is 2.33 bits per heavy atom. The molecule has 0 radical (unpaired) electrons. The van der Waals surface area contributed by atoms with E-state index in [2.05, 4.69) is 20.6 Å². The Labute approximate surface area is 216 Å². The normalized spacial score (nSPS) is 10.7. The van der Waals surface area contributed by atoms with Gasteiger partial charge >= 0.3 is 0 Å². The van der Waals surface area contributed by atoms with Crippen LogP contribution >= 0.6 is 23.2 Å². The standard InChI is InChI=1S/C28H18Cl2N4O2/c29-23-11-9-19(16-22(23)26-20-6-2-1-5-17(20)12-14-32-26)33-28(36)21-10-8-18(15-24(21)30)27(35)34-25-7-3-4-13-31-25/h1-16H,(H,33,36)(H,31,34,35). The molecule has 6 nitrogen and oxygen atoms in total. The fourth-order valence-electron chi connectivity index (χ4n) is 3.78. The number of carbonyl (C=O) groups excluding carboxylic acids is 2. The van der Waals surface area contributed by atoms with Gasteiger partial charge in [-0.1, -0.05) is 53.5 Å². The summed E-state index contributed by atoms with van der Waals surface area (Å²) >= 11 is 12.9. The lowest BCUT2D eigenvalue weighted by molar-refractivity contribution is 0.101. The average Bonchev–Trinajstić information content (AvgIpc) is 2.90. The van der Waals surface area contributed by atoms with Crippen molar-refractivity contribution in [3.8, 4) is 11.3 Å². The molecule has 0 unspecified atom stereocenters. The molecule has 2 aromatic heterocycles. The van der Waals surface area contributed by atoms with Gasteiger partial charge in [0.25, 0.3) is 11.8 Å². The Kier molecular flexibility index (Phi) is 6.62. The molecule has 2 N–H and O–H groups in total. The zero-order valence-corrected chi connectivity index (χ0v) is 20.2. The molecule has 0 aliphatic heterocycles. The molecule has 5 rings (SSSR count). The van der Waals surface area contributed by atoms with E-state index in [4.69, 9.17) is 23.2 Å².